The fourth-order valence-electron chi connectivity index (χ4n) is 3.34. The number of aliphatic carboxylic acids is 1. The van der Waals surface area contributed by atoms with Gasteiger partial charge >= 0.3 is 5.97 Å². The molecule has 0 saturated heterocycles. The molecule has 0 atom stereocenters. The van der Waals surface area contributed by atoms with Gasteiger partial charge in [0.15, 0.2) is 11.6 Å². The molecule has 0 radical (unpaired) electrons. The van der Waals surface area contributed by atoms with Crippen molar-refractivity contribution in [1.82, 2.24) is 0 Å². The predicted octanol–water partition coefficient (Wildman–Crippen LogP) is 5.28. The summed E-state index contributed by atoms with van der Waals surface area (Å²) in [6, 6.07) is 3.09. The van der Waals surface area contributed by atoms with Crippen molar-refractivity contribution in [1.29, 1.82) is 0 Å². The fourth-order valence-corrected chi connectivity index (χ4v) is 3.34. The zero-order chi connectivity index (χ0) is 17.5. The SMILES string of the molecule is CCCCCCOc1ccc([C@H]2CC[C@H](C(=O)O)CC2)c(F)c1F. The van der Waals surface area contributed by atoms with E-state index in [1.165, 1.54) is 6.07 Å². The number of rotatable bonds is 8. The van der Waals surface area contributed by atoms with Gasteiger partial charge in [-0.2, -0.15) is 4.39 Å². The van der Waals surface area contributed by atoms with E-state index in [1.54, 1.807) is 6.07 Å². The number of unbranched alkanes of at least 4 members (excludes halogenated alkanes) is 3. The Morgan fingerprint density at radius 1 is 1.12 bits per heavy atom. The number of ether oxygens (including phenoxy) is 1. The Bertz CT molecular complexity index is 552. The third-order valence-corrected chi connectivity index (χ3v) is 4.85. The van der Waals surface area contributed by atoms with Gasteiger partial charge in [0.25, 0.3) is 0 Å². The van der Waals surface area contributed by atoms with Crippen molar-refractivity contribution >= 4 is 5.97 Å². The maximum Gasteiger partial charge on any atom is 0.306 e. The molecular weight excluding hydrogens is 314 g/mol. The van der Waals surface area contributed by atoms with Gasteiger partial charge in [0.05, 0.1) is 12.5 Å². The second kappa shape index (κ2) is 9.00. The van der Waals surface area contributed by atoms with E-state index in [0.717, 1.165) is 25.7 Å². The van der Waals surface area contributed by atoms with Gasteiger partial charge in [-0.25, -0.2) is 4.39 Å². The second-order valence-corrected chi connectivity index (χ2v) is 6.58. The lowest BCUT2D eigenvalue weighted by Gasteiger charge is -2.26. The quantitative estimate of drug-likeness (QED) is 0.655. The summed E-state index contributed by atoms with van der Waals surface area (Å²) >= 11 is 0. The maximum atomic E-state index is 14.4. The van der Waals surface area contributed by atoms with E-state index in [0.29, 0.717) is 37.9 Å². The Labute approximate surface area is 142 Å². The molecule has 3 nitrogen and oxygen atoms in total. The highest BCUT2D eigenvalue weighted by Gasteiger charge is 2.29. The van der Waals surface area contributed by atoms with Gasteiger partial charge in [-0.05, 0) is 49.7 Å². The molecule has 0 aromatic heterocycles. The van der Waals surface area contributed by atoms with Crippen molar-refractivity contribution in [3.05, 3.63) is 29.3 Å². The van der Waals surface area contributed by atoms with E-state index >= 15 is 0 Å². The lowest BCUT2D eigenvalue weighted by molar-refractivity contribution is -0.142. The van der Waals surface area contributed by atoms with Crippen molar-refractivity contribution < 1.29 is 23.4 Å². The number of hydrogen-bond donors (Lipinski definition) is 1. The maximum absolute atomic E-state index is 14.4. The van der Waals surface area contributed by atoms with Crippen molar-refractivity contribution in [3.8, 4) is 5.75 Å². The van der Waals surface area contributed by atoms with Crippen molar-refractivity contribution in [2.24, 2.45) is 5.92 Å². The molecule has 24 heavy (non-hydrogen) atoms. The average Bonchev–Trinajstić information content (AvgIpc) is 2.58. The minimum atomic E-state index is -0.927. The lowest BCUT2D eigenvalue weighted by atomic mass is 9.78. The first-order valence-corrected chi connectivity index (χ1v) is 8.88. The van der Waals surface area contributed by atoms with Crippen LogP contribution in [0.4, 0.5) is 8.78 Å². The topological polar surface area (TPSA) is 46.5 Å². The number of halogens is 2. The van der Waals surface area contributed by atoms with Crippen LogP contribution in [0.25, 0.3) is 0 Å². The van der Waals surface area contributed by atoms with Crippen molar-refractivity contribution in [3.63, 3.8) is 0 Å². The molecule has 5 heteroatoms. The summed E-state index contributed by atoms with van der Waals surface area (Å²) in [6.07, 6.45) is 6.24. The van der Waals surface area contributed by atoms with E-state index in [-0.39, 0.29) is 17.6 Å². The highest BCUT2D eigenvalue weighted by atomic mass is 19.2. The van der Waals surface area contributed by atoms with Crippen LogP contribution in [0.2, 0.25) is 0 Å². The average molecular weight is 340 g/mol. The summed E-state index contributed by atoms with van der Waals surface area (Å²) in [5.41, 5.74) is 0.342. The molecule has 0 heterocycles. The van der Waals surface area contributed by atoms with Gasteiger partial charge in [0, 0.05) is 0 Å². The Balaban J connectivity index is 1.96. The fraction of sp³-hybridized carbons (Fsp3) is 0.632. The monoisotopic (exact) mass is 340 g/mol. The van der Waals surface area contributed by atoms with E-state index in [2.05, 4.69) is 6.92 Å². The molecule has 2 rings (SSSR count). The molecular formula is C19H26F2O3. The van der Waals surface area contributed by atoms with Gasteiger partial charge in [0.2, 0.25) is 5.82 Å². The normalized spacial score (nSPS) is 20.8. The Kier molecular flexibility index (Phi) is 7.00. The third-order valence-electron chi connectivity index (χ3n) is 4.85. The van der Waals surface area contributed by atoms with E-state index in [1.807, 2.05) is 0 Å². The molecule has 0 unspecified atom stereocenters. The Morgan fingerprint density at radius 2 is 1.83 bits per heavy atom. The predicted molar refractivity (Wildman–Crippen MR) is 88.3 cm³/mol. The van der Waals surface area contributed by atoms with Gasteiger partial charge < -0.3 is 9.84 Å². The minimum absolute atomic E-state index is 0.0352. The summed E-state index contributed by atoms with van der Waals surface area (Å²) in [5.74, 6) is -3.09. The van der Waals surface area contributed by atoms with Crippen LogP contribution in [0.15, 0.2) is 12.1 Å². The van der Waals surface area contributed by atoms with Crippen LogP contribution in [-0.2, 0) is 4.79 Å². The van der Waals surface area contributed by atoms with E-state index < -0.39 is 17.6 Å². The zero-order valence-corrected chi connectivity index (χ0v) is 14.2. The number of carboxylic acids is 1. The summed E-state index contributed by atoms with van der Waals surface area (Å²) in [7, 11) is 0. The zero-order valence-electron chi connectivity index (χ0n) is 14.2. The van der Waals surface area contributed by atoms with Gasteiger partial charge in [-0.15, -0.1) is 0 Å². The van der Waals surface area contributed by atoms with Crippen molar-refractivity contribution in [2.45, 2.75) is 64.2 Å². The third kappa shape index (κ3) is 4.68. The molecule has 1 aromatic rings. The smallest absolute Gasteiger partial charge is 0.306 e. The van der Waals surface area contributed by atoms with Crippen LogP contribution >= 0.6 is 0 Å². The number of hydrogen-bond acceptors (Lipinski definition) is 2. The van der Waals surface area contributed by atoms with Crippen LogP contribution < -0.4 is 4.74 Å². The first-order chi connectivity index (χ1) is 11.5. The van der Waals surface area contributed by atoms with Gasteiger partial charge in [-0.3, -0.25) is 4.79 Å². The van der Waals surface area contributed by atoms with Gasteiger partial charge in [0.1, 0.15) is 0 Å². The van der Waals surface area contributed by atoms with Crippen LogP contribution in [0.1, 0.15) is 69.8 Å². The molecule has 1 N–H and O–H groups in total. The highest BCUT2D eigenvalue weighted by molar-refractivity contribution is 5.70. The summed E-state index contributed by atoms with van der Waals surface area (Å²) in [6.45, 7) is 2.50. The van der Waals surface area contributed by atoms with Crippen LogP contribution in [-0.4, -0.2) is 17.7 Å². The summed E-state index contributed by atoms with van der Waals surface area (Å²) < 4.78 is 33.9. The standard InChI is InChI=1S/C19H26F2O3/c1-2-3-4-5-12-24-16-11-10-15(17(20)18(16)21)13-6-8-14(9-7-13)19(22)23/h10-11,13-14H,2-9,12H2,1H3,(H,22,23)/t13-,14-. The molecule has 0 bridgehead atoms. The Hall–Kier alpha value is -1.65. The van der Waals surface area contributed by atoms with Crippen LogP contribution in [0, 0.1) is 17.6 Å². The molecule has 1 aliphatic carbocycles. The van der Waals surface area contributed by atoms with Crippen LogP contribution in [0.5, 0.6) is 5.75 Å². The molecule has 1 aliphatic rings. The molecule has 134 valence electrons. The summed E-state index contributed by atoms with van der Waals surface area (Å²) in [5, 5.41) is 9.02. The first-order valence-electron chi connectivity index (χ1n) is 8.88. The van der Waals surface area contributed by atoms with E-state index in [9.17, 15) is 13.6 Å². The molecule has 1 aromatic carbocycles. The first kappa shape index (κ1) is 18.7. The number of benzene rings is 1. The molecule has 1 fully saturated rings. The van der Waals surface area contributed by atoms with E-state index in [4.69, 9.17) is 9.84 Å². The minimum Gasteiger partial charge on any atom is -0.490 e. The Morgan fingerprint density at radius 3 is 2.46 bits per heavy atom. The highest BCUT2D eigenvalue weighted by Crippen LogP contribution is 2.38. The number of carbonyl (C=O) groups is 1. The van der Waals surface area contributed by atoms with Crippen molar-refractivity contribution in [2.75, 3.05) is 6.61 Å². The molecule has 0 aliphatic heterocycles. The van der Waals surface area contributed by atoms with Crippen LogP contribution in [0.3, 0.4) is 0 Å². The number of carboxylic acid groups (broad SMARTS) is 1. The lowest BCUT2D eigenvalue weighted by Crippen LogP contribution is -2.21. The summed E-state index contributed by atoms with van der Waals surface area (Å²) in [4.78, 5) is 11.0. The largest absolute Gasteiger partial charge is 0.490 e. The molecule has 0 spiro atoms. The van der Waals surface area contributed by atoms with Gasteiger partial charge in [-0.1, -0.05) is 32.3 Å². The second-order valence-electron chi connectivity index (χ2n) is 6.58. The molecule has 0 amide bonds. The molecule has 1 saturated carbocycles.